The molecular formula is C48H44Cl2F6Zr. The van der Waals surface area contributed by atoms with Crippen LogP contribution in [0.5, 0.6) is 0 Å². The van der Waals surface area contributed by atoms with Gasteiger partial charge in [0.2, 0.25) is 0 Å². The van der Waals surface area contributed by atoms with Gasteiger partial charge in [0.15, 0.2) is 0 Å². The topological polar surface area (TPSA) is 0 Å². The van der Waals surface area contributed by atoms with Crippen molar-refractivity contribution in [2.75, 3.05) is 0 Å². The predicted molar refractivity (Wildman–Crippen MR) is 209 cm³/mol. The van der Waals surface area contributed by atoms with E-state index in [1.807, 2.05) is 0 Å². The second kappa shape index (κ2) is 14.5. The number of fused-ring (bicyclic) bond motifs is 5. The largest absolute Gasteiger partial charge is 1.00 e. The monoisotopic (exact) mass is 894 g/mol. The van der Waals surface area contributed by atoms with E-state index in [1.165, 1.54) is 60.9 Å². The van der Waals surface area contributed by atoms with Crippen molar-refractivity contribution < 1.29 is 72.4 Å². The van der Waals surface area contributed by atoms with Gasteiger partial charge in [0.05, 0.1) is 0 Å². The van der Waals surface area contributed by atoms with Gasteiger partial charge in [0, 0.05) is 0 Å². The third-order valence-electron chi connectivity index (χ3n) is 12.4. The molecule has 0 aliphatic heterocycles. The Balaban J connectivity index is 0.00000275. The number of hydrogen-bond acceptors (Lipinski definition) is 0. The molecule has 4 aliphatic rings. The summed E-state index contributed by atoms with van der Waals surface area (Å²) in [6, 6.07) is 19.9. The number of allylic oxidation sites excluding steroid dienone is 8. The normalized spacial score (nSPS) is 18.6. The molecule has 0 spiro atoms. The average Bonchev–Trinajstić information content (AvgIpc) is 3.71. The fourth-order valence-corrected chi connectivity index (χ4v) is 20.0. The maximum absolute atomic E-state index is 14.5. The van der Waals surface area contributed by atoms with Crippen LogP contribution in [0.4, 0.5) is 26.3 Å². The van der Waals surface area contributed by atoms with Crippen LogP contribution >= 0.6 is 0 Å². The Bertz CT molecular complexity index is 2380. The summed E-state index contributed by atoms with van der Waals surface area (Å²) in [5, 5.41) is 0. The van der Waals surface area contributed by atoms with E-state index in [0.29, 0.717) is 14.3 Å². The first-order chi connectivity index (χ1) is 25.6. The quantitative estimate of drug-likeness (QED) is 0.183. The van der Waals surface area contributed by atoms with Crippen LogP contribution in [0, 0.1) is 5.92 Å². The van der Waals surface area contributed by atoms with Crippen LogP contribution in [-0.4, -0.2) is 3.21 Å². The summed E-state index contributed by atoms with van der Waals surface area (Å²) in [6.45, 7) is 19.4. The Morgan fingerprint density at radius 3 is 1.37 bits per heavy atom. The van der Waals surface area contributed by atoms with Gasteiger partial charge in [-0.25, -0.2) is 0 Å². The van der Waals surface area contributed by atoms with Gasteiger partial charge in [-0.3, -0.25) is 0 Å². The first-order valence-electron chi connectivity index (χ1n) is 18.8. The molecule has 0 bridgehead atoms. The molecule has 0 saturated carbocycles. The van der Waals surface area contributed by atoms with E-state index in [0.717, 1.165) is 45.5 Å². The smallest absolute Gasteiger partial charge is 1.00 e. The summed E-state index contributed by atoms with van der Waals surface area (Å²) in [5.74, 6) is -0.0296. The molecule has 0 aromatic heterocycles. The maximum atomic E-state index is 14.5. The van der Waals surface area contributed by atoms with E-state index in [9.17, 15) is 26.3 Å². The molecule has 0 nitrogen and oxygen atoms in total. The van der Waals surface area contributed by atoms with Crippen LogP contribution < -0.4 is 24.8 Å². The molecule has 0 radical (unpaired) electrons. The molecule has 0 fully saturated rings. The SMILES string of the molecule is CC1=CC(C)[C]([Zr+2](=[C](c2cccc(C(F)(F)F)c2)c2cccc(C(F)(F)F)c2)[CH]2c3cc4c(cc3-c3cc5c(cc32)C(C)(C)C=C5C)C(C)=CC4(C)C)=C1C.[Cl-].[Cl-]. The van der Waals surface area contributed by atoms with E-state index in [2.05, 4.69) is 105 Å². The summed E-state index contributed by atoms with van der Waals surface area (Å²) in [5.41, 5.74) is 12.5. The first kappa shape index (κ1) is 43.3. The molecule has 4 aromatic carbocycles. The molecule has 9 heteroatoms. The Morgan fingerprint density at radius 2 is 1.00 bits per heavy atom. The number of hydrogen-bond donors (Lipinski definition) is 0. The van der Waals surface area contributed by atoms with E-state index in [1.54, 1.807) is 12.1 Å². The third kappa shape index (κ3) is 7.06. The van der Waals surface area contributed by atoms with Crippen LogP contribution in [0.25, 0.3) is 22.3 Å². The third-order valence-corrected chi connectivity index (χ3v) is 21.6. The second-order valence-electron chi connectivity index (χ2n) is 17.1. The Morgan fingerprint density at radius 1 is 0.579 bits per heavy atom. The van der Waals surface area contributed by atoms with Crippen molar-refractivity contribution in [3.8, 4) is 11.1 Å². The maximum Gasteiger partial charge on any atom is -1.00 e. The van der Waals surface area contributed by atoms with Crippen molar-refractivity contribution in [2.24, 2.45) is 5.92 Å². The van der Waals surface area contributed by atoms with Crippen LogP contribution in [0.1, 0.15) is 122 Å². The van der Waals surface area contributed by atoms with Gasteiger partial charge in [-0.15, -0.1) is 0 Å². The summed E-state index contributed by atoms with van der Waals surface area (Å²) in [4.78, 5) is 0. The Kier molecular flexibility index (Phi) is 11.0. The van der Waals surface area contributed by atoms with Crippen LogP contribution in [0.15, 0.2) is 105 Å². The average molecular weight is 897 g/mol. The number of benzene rings is 4. The second-order valence-corrected chi connectivity index (χ2v) is 23.1. The zero-order chi connectivity index (χ0) is 39.7. The molecule has 4 aromatic rings. The van der Waals surface area contributed by atoms with Gasteiger partial charge in [0.1, 0.15) is 0 Å². The van der Waals surface area contributed by atoms with Gasteiger partial charge in [0.25, 0.3) is 0 Å². The Labute approximate surface area is 351 Å². The fraction of sp³-hybridized carbons (Fsp3) is 0.312. The number of rotatable bonds is 4. The van der Waals surface area contributed by atoms with Gasteiger partial charge in [-0.1, -0.05) is 0 Å². The van der Waals surface area contributed by atoms with Crippen molar-refractivity contribution in [1.29, 1.82) is 0 Å². The van der Waals surface area contributed by atoms with Gasteiger partial charge in [-0.2, -0.15) is 0 Å². The van der Waals surface area contributed by atoms with Crippen LogP contribution in [0.3, 0.4) is 0 Å². The van der Waals surface area contributed by atoms with E-state index >= 15 is 0 Å². The summed E-state index contributed by atoms with van der Waals surface area (Å²) < 4.78 is 88.8. The minimum Gasteiger partial charge on any atom is -1.00 e. The predicted octanol–water partition coefficient (Wildman–Crippen LogP) is 7.95. The molecule has 0 saturated heterocycles. The summed E-state index contributed by atoms with van der Waals surface area (Å²) in [7, 11) is 0. The molecule has 0 heterocycles. The van der Waals surface area contributed by atoms with E-state index in [-0.39, 0.29) is 45.2 Å². The molecule has 1 unspecified atom stereocenters. The molecule has 1 atom stereocenters. The van der Waals surface area contributed by atoms with E-state index in [4.69, 9.17) is 0 Å². The number of halogens is 8. The summed E-state index contributed by atoms with van der Waals surface area (Å²) >= 11 is -3.82. The molecule has 0 amide bonds. The summed E-state index contributed by atoms with van der Waals surface area (Å²) in [6.07, 6.45) is -2.46. The zero-order valence-electron chi connectivity index (χ0n) is 33.3. The van der Waals surface area contributed by atoms with Crippen molar-refractivity contribution in [2.45, 2.75) is 89.1 Å². The van der Waals surface area contributed by atoms with Crippen molar-refractivity contribution in [3.63, 3.8) is 0 Å². The minimum absolute atomic E-state index is 0. The Hall–Kier alpha value is -3.25. The molecule has 57 heavy (non-hydrogen) atoms. The molecule has 0 N–H and O–H groups in total. The first-order valence-corrected chi connectivity index (χ1v) is 22.7. The van der Waals surface area contributed by atoms with Crippen molar-refractivity contribution in [1.82, 2.24) is 0 Å². The molecule has 4 aliphatic carbocycles. The number of alkyl halides is 6. The van der Waals surface area contributed by atoms with E-state index < -0.39 is 44.7 Å². The van der Waals surface area contributed by atoms with Gasteiger partial charge >= 0.3 is 329 Å². The molecule has 296 valence electrons. The fourth-order valence-electron chi connectivity index (χ4n) is 9.97. The van der Waals surface area contributed by atoms with Gasteiger partial charge < -0.3 is 24.8 Å². The van der Waals surface area contributed by atoms with Crippen LogP contribution in [0.2, 0.25) is 0 Å². The standard InChI is InChI=1S/C25H25.C15H8F6.C8H11.2ClH.Zr/c1-14-12-24(3,4)22-8-16-7-17-9-23-19(15(2)13-25(23,5)6)11-21(17)20(16)10-18(14)22;16-14(17,18)12-5-1-3-10(8-12)7-11-4-2-6-13(9-11)15(19,20)21;1-6-4-7(2)8(3)5-6;;;/h7-13H,1-6H3;1-6,8-9H;4,6H,1-3H3;2*1H;/q;;;;;+2/p-2. The van der Waals surface area contributed by atoms with Crippen LogP contribution in [-0.2, 0) is 44.4 Å². The van der Waals surface area contributed by atoms with Crippen molar-refractivity contribution in [3.05, 3.63) is 161 Å². The van der Waals surface area contributed by atoms with Gasteiger partial charge in [-0.05, 0) is 0 Å². The molecular weight excluding hydrogens is 853 g/mol. The zero-order valence-corrected chi connectivity index (χ0v) is 37.3. The molecule has 8 rings (SSSR count). The van der Waals surface area contributed by atoms with Crippen molar-refractivity contribution >= 4 is 14.4 Å². The minimum atomic E-state index is -4.63.